The smallest absolute Gasteiger partial charge is 0.339 e. The van der Waals surface area contributed by atoms with Crippen LogP contribution < -0.4 is 16.4 Å². The summed E-state index contributed by atoms with van der Waals surface area (Å²) >= 11 is 0. The Hall–Kier alpha value is -2.90. The molecule has 1 atom stereocenters. The first-order valence-electron chi connectivity index (χ1n) is 6.39. The molecule has 1 aromatic carbocycles. The van der Waals surface area contributed by atoms with Gasteiger partial charge in [0.2, 0.25) is 11.8 Å². The third kappa shape index (κ3) is 5.23. The quantitative estimate of drug-likeness (QED) is 0.687. The molecule has 1 rings (SSSR count). The minimum absolute atomic E-state index is 0.0584. The van der Waals surface area contributed by atoms with Crippen molar-refractivity contribution in [1.82, 2.24) is 0 Å². The molecule has 3 amide bonds. The molecular weight excluding hydrogens is 290 g/mol. The molecule has 4 N–H and O–H groups in total. The summed E-state index contributed by atoms with van der Waals surface area (Å²) in [5.41, 5.74) is 5.69. The Labute approximate surface area is 127 Å². The Kier molecular flexibility index (Phi) is 5.62. The Morgan fingerprint density at radius 1 is 1.00 bits per heavy atom. The fourth-order valence-electron chi connectivity index (χ4n) is 1.58. The summed E-state index contributed by atoms with van der Waals surface area (Å²) in [7, 11) is 0. The number of rotatable bonds is 5. The Balaban J connectivity index is 3.10. The number of benzene rings is 1. The molecule has 0 radical (unpaired) electrons. The van der Waals surface area contributed by atoms with Gasteiger partial charge in [-0.3, -0.25) is 14.4 Å². The third-order valence-electron chi connectivity index (χ3n) is 2.49. The Morgan fingerprint density at radius 2 is 1.45 bits per heavy atom. The molecule has 0 heterocycles. The van der Waals surface area contributed by atoms with E-state index in [1.165, 1.54) is 39.0 Å². The molecule has 0 bridgehead atoms. The number of carbonyl (C=O) groups excluding carboxylic acids is 4. The van der Waals surface area contributed by atoms with Crippen LogP contribution in [0.5, 0.6) is 0 Å². The van der Waals surface area contributed by atoms with Crippen molar-refractivity contribution in [3.8, 4) is 0 Å². The van der Waals surface area contributed by atoms with Crippen LogP contribution in [-0.2, 0) is 19.1 Å². The van der Waals surface area contributed by atoms with Gasteiger partial charge in [0.05, 0.1) is 5.56 Å². The fraction of sp³-hybridized carbons (Fsp3) is 0.286. The molecule has 8 heteroatoms. The predicted octanol–water partition coefficient (Wildman–Crippen LogP) is 0.634. The monoisotopic (exact) mass is 307 g/mol. The van der Waals surface area contributed by atoms with Crippen LogP contribution in [0.25, 0.3) is 0 Å². The first-order valence-corrected chi connectivity index (χ1v) is 6.39. The van der Waals surface area contributed by atoms with Crippen LogP contribution in [0.1, 0.15) is 31.1 Å². The van der Waals surface area contributed by atoms with Gasteiger partial charge in [-0.25, -0.2) is 4.79 Å². The maximum Gasteiger partial charge on any atom is 0.339 e. The van der Waals surface area contributed by atoms with Gasteiger partial charge < -0.3 is 21.1 Å². The van der Waals surface area contributed by atoms with Crippen molar-refractivity contribution in [2.75, 3.05) is 10.6 Å². The Morgan fingerprint density at radius 3 is 1.82 bits per heavy atom. The topological polar surface area (TPSA) is 128 Å². The second kappa shape index (κ2) is 7.21. The van der Waals surface area contributed by atoms with Crippen LogP contribution in [0, 0.1) is 0 Å². The average Bonchev–Trinajstić information content (AvgIpc) is 2.36. The van der Waals surface area contributed by atoms with Crippen molar-refractivity contribution >= 4 is 35.1 Å². The fourth-order valence-corrected chi connectivity index (χ4v) is 1.58. The van der Waals surface area contributed by atoms with Gasteiger partial charge >= 0.3 is 5.97 Å². The lowest BCUT2D eigenvalue weighted by Crippen LogP contribution is -2.30. The van der Waals surface area contributed by atoms with Crippen LogP contribution in [0.2, 0.25) is 0 Å². The number of nitrogens with two attached hydrogens (primary N) is 1. The summed E-state index contributed by atoms with van der Waals surface area (Å²) in [4.78, 5) is 45.1. The summed E-state index contributed by atoms with van der Waals surface area (Å²) in [6, 6.07) is 4.21. The number of esters is 1. The number of nitrogens with one attached hydrogen (secondary N) is 2. The van der Waals surface area contributed by atoms with Gasteiger partial charge in [0, 0.05) is 25.2 Å². The molecule has 1 aromatic rings. The second-order valence-electron chi connectivity index (χ2n) is 4.61. The maximum absolute atomic E-state index is 12.0. The maximum atomic E-state index is 12.0. The normalized spacial score (nSPS) is 11.2. The van der Waals surface area contributed by atoms with E-state index in [-0.39, 0.29) is 17.4 Å². The van der Waals surface area contributed by atoms with Gasteiger partial charge in [-0.1, -0.05) is 0 Å². The summed E-state index contributed by atoms with van der Waals surface area (Å²) in [6.07, 6.45) is -1.10. The Bertz CT molecular complexity index is 593. The summed E-state index contributed by atoms with van der Waals surface area (Å²) in [6.45, 7) is 3.95. The number of hydrogen-bond donors (Lipinski definition) is 3. The van der Waals surface area contributed by atoms with Crippen LogP contribution in [-0.4, -0.2) is 29.8 Å². The van der Waals surface area contributed by atoms with Gasteiger partial charge in [-0.05, 0) is 25.1 Å². The molecule has 0 aromatic heterocycles. The molecule has 0 aliphatic rings. The summed E-state index contributed by atoms with van der Waals surface area (Å²) < 4.78 is 4.88. The number of ether oxygens (including phenoxy) is 1. The first kappa shape index (κ1) is 17.2. The molecule has 0 spiro atoms. The lowest BCUT2D eigenvalue weighted by atomic mass is 10.1. The van der Waals surface area contributed by atoms with E-state index < -0.39 is 18.0 Å². The van der Waals surface area contributed by atoms with E-state index in [4.69, 9.17) is 10.5 Å². The molecular formula is C14H17N3O5. The van der Waals surface area contributed by atoms with E-state index in [1.54, 1.807) is 0 Å². The van der Waals surface area contributed by atoms with Gasteiger partial charge in [0.15, 0.2) is 6.10 Å². The minimum Gasteiger partial charge on any atom is -0.449 e. The predicted molar refractivity (Wildman–Crippen MR) is 79.1 cm³/mol. The van der Waals surface area contributed by atoms with Crippen LogP contribution >= 0.6 is 0 Å². The molecule has 0 saturated carbocycles. The molecule has 0 fully saturated rings. The number of hydrogen-bond acceptors (Lipinski definition) is 5. The zero-order valence-corrected chi connectivity index (χ0v) is 12.4. The summed E-state index contributed by atoms with van der Waals surface area (Å²) in [5, 5.41) is 5.00. The average molecular weight is 307 g/mol. The van der Waals surface area contributed by atoms with E-state index in [1.807, 2.05) is 0 Å². The SMILES string of the molecule is CC(=O)Nc1cc(NC(C)=O)cc(C(=O)O[C@@H](C)C(N)=O)c1. The van der Waals surface area contributed by atoms with Gasteiger partial charge in [-0.2, -0.15) is 0 Å². The highest BCUT2D eigenvalue weighted by Gasteiger charge is 2.17. The zero-order chi connectivity index (χ0) is 16.9. The van der Waals surface area contributed by atoms with Crippen molar-refractivity contribution in [1.29, 1.82) is 0 Å². The highest BCUT2D eigenvalue weighted by atomic mass is 16.5. The highest BCUT2D eigenvalue weighted by Crippen LogP contribution is 2.20. The number of anilines is 2. The molecule has 8 nitrogen and oxygen atoms in total. The van der Waals surface area contributed by atoms with Crippen LogP contribution in [0.15, 0.2) is 18.2 Å². The van der Waals surface area contributed by atoms with Crippen molar-refractivity contribution < 1.29 is 23.9 Å². The molecule has 0 saturated heterocycles. The zero-order valence-electron chi connectivity index (χ0n) is 12.4. The van der Waals surface area contributed by atoms with Gasteiger partial charge in [0.25, 0.3) is 5.91 Å². The van der Waals surface area contributed by atoms with E-state index in [0.717, 1.165) is 0 Å². The molecule has 0 aliphatic heterocycles. The first-order chi connectivity index (χ1) is 10.2. The van der Waals surface area contributed by atoms with Crippen molar-refractivity contribution in [3.63, 3.8) is 0 Å². The van der Waals surface area contributed by atoms with E-state index >= 15 is 0 Å². The van der Waals surface area contributed by atoms with E-state index in [9.17, 15) is 19.2 Å². The lowest BCUT2D eigenvalue weighted by Gasteiger charge is -2.12. The summed E-state index contributed by atoms with van der Waals surface area (Å²) in [5.74, 6) is -2.27. The molecule has 0 unspecified atom stereocenters. The molecule has 0 aliphatic carbocycles. The number of primary amides is 1. The van der Waals surface area contributed by atoms with Crippen LogP contribution in [0.4, 0.5) is 11.4 Å². The molecule has 22 heavy (non-hydrogen) atoms. The lowest BCUT2D eigenvalue weighted by molar-refractivity contribution is -0.125. The van der Waals surface area contributed by atoms with Gasteiger partial charge in [0.1, 0.15) is 0 Å². The van der Waals surface area contributed by atoms with Crippen molar-refractivity contribution in [2.45, 2.75) is 26.9 Å². The second-order valence-corrected chi connectivity index (χ2v) is 4.61. The minimum atomic E-state index is -1.10. The van der Waals surface area contributed by atoms with Crippen molar-refractivity contribution in [2.24, 2.45) is 5.73 Å². The standard InChI is InChI=1S/C14H17N3O5/c1-7(13(15)20)22-14(21)10-4-11(16-8(2)18)6-12(5-10)17-9(3)19/h4-7H,1-3H3,(H2,15,20)(H,16,18)(H,17,19)/t7-/m0/s1. The molecule has 118 valence electrons. The number of amides is 3. The largest absolute Gasteiger partial charge is 0.449 e. The third-order valence-corrected chi connectivity index (χ3v) is 2.49. The number of carbonyl (C=O) groups is 4. The highest BCUT2D eigenvalue weighted by molar-refractivity contribution is 5.98. The van der Waals surface area contributed by atoms with Crippen LogP contribution in [0.3, 0.4) is 0 Å². The van der Waals surface area contributed by atoms with E-state index in [2.05, 4.69) is 10.6 Å². The van der Waals surface area contributed by atoms with E-state index in [0.29, 0.717) is 11.4 Å². The van der Waals surface area contributed by atoms with Crippen molar-refractivity contribution in [3.05, 3.63) is 23.8 Å². The van der Waals surface area contributed by atoms with Gasteiger partial charge in [-0.15, -0.1) is 0 Å².